The molecule has 1 saturated heterocycles. The van der Waals surface area contributed by atoms with E-state index in [4.69, 9.17) is 4.74 Å². The largest absolute Gasteiger partial charge is 0.507 e. The molecule has 0 bridgehead atoms. The van der Waals surface area contributed by atoms with Crippen LogP contribution >= 0.6 is 11.3 Å². The van der Waals surface area contributed by atoms with E-state index in [0.29, 0.717) is 16.3 Å². The standard InChI is InChI=1S/C28H24FN3O4S/c1-28(2,3)15-8-10-18-21(13-15)37-27(31-18)32-23(19-7-5-6-12-30-19)22(25(34)26(32)35)24(33)17-14-16(29)9-11-20(17)36-4/h5-14,23,33H,1-4H3/b24-22+. The molecule has 2 aromatic carbocycles. The summed E-state index contributed by atoms with van der Waals surface area (Å²) in [5.41, 5.74) is 1.80. The van der Waals surface area contributed by atoms with Crippen LogP contribution in [0.3, 0.4) is 0 Å². The van der Waals surface area contributed by atoms with Gasteiger partial charge in [0.05, 0.1) is 34.2 Å². The lowest BCUT2D eigenvalue weighted by atomic mass is 9.87. The maximum Gasteiger partial charge on any atom is 0.301 e. The number of aliphatic hydroxyl groups is 1. The first-order valence-electron chi connectivity index (χ1n) is 11.6. The van der Waals surface area contributed by atoms with E-state index < -0.39 is 29.3 Å². The molecule has 5 rings (SSSR count). The number of hydrogen-bond acceptors (Lipinski definition) is 7. The van der Waals surface area contributed by atoms with Crippen molar-refractivity contribution in [2.45, 2.75) is 32.2 Å². The molecule has 9 heteroatoms. The Kier molecular flexibility index (Phi) is 6.03. The molecule has 7 nitrogen and oxygen atoms in total. The van der Waals surface area contributed by atoms with Crippen molar-refractivity contribution in [2.24, 2.45) is 0 Å². The Labute approximate surface area is 216 Å². The van der Waals surface area contributed by atoms with Crippen molar-refractivity contribution in [3.05, 3.63) is 89.0 Å². The number of benzene rings is 2. The number of ether oxygens (including phenoxy) is 1. The monoisotopic (exact) mass is 517 g/mol. The lowest BCUT2D eigenvalue weighted by molar-refractivity contribution is -0.132. The third-order valence-electron chi connectivity index (χ3n) is 6.28. The van der Waals surface area contributed by atoms with E-state index in [1.54, 1.807) is 18.2 Å². The number of anilines is 1. The van der Waals surface area contributed by atoms with Crippen LogP contribution in [0, 0.1) is 5.82 Å². The second kappa shape index (κ2) is 9.08. The van der Waals surface area contributed by atoms with Gasteiger partial charge in [-0.25, -0.2) is 9.37 Å². The van der Waals surface area contributed by atoms with Crippen LogP contribution in [0.4, 0.5) is 9.52 Å². The van der Waals surface area contributed by atoms with E-state index in [9.17, 15) is 19.1 Å². The smallest absolute Gasteiger partial charge is 0.301 e. The van der Waals surface area contributed by atoms with Gasteiger partial charge in [0, 0.05) is 6.20 Å². The number of carbonyl (C=O) groups excluding carboxylic acids is 2. The van der Waals surface area contributed by atoms with Crippen molar-refractivity contribution < 1.29 is 23.8 Å². The van der Waals surface area contributed by atoms with Crippen LogP contribution in [0.1, 0.15) is 43.6 Å². The molecule has 0 saturated carbocycles. The summed E-state index contributed by atoms with van der Waals surface area (Å²) < 4.78 is 20.3. The van der Waals surface area contributed by atoms with Crippen molar-refractivity contribution in [3.63, 3.8) is 0 Å². The van der Waals surface area contributed by atoms with Gasteiger partial charge in [-0.15, -0.1) is 0 Å². The molecular formula is C28H24FN3O4S. The van der Waals surface area contributed by atoms with E-state index in [2.05, 4.69) is 30.7 Å². The number of carbonyl (C=O) groups is 2. The quantitative estimate of drug-likeness (QED) is 0.210. The Bertz CT molecular complexity index is 1570. The van der Waals surface area contributed by atoms with Crippen LogP contribution in [-0.4, -0.2) is 33.9 Å². The molecule has 0 spiro atoms. The minimum absolute atomic E-state index is 0.0412. The lowest BCUT2D eigenvalue weighted by Gasteiger charge is -2.22. The summed E-state index contributed by atoms with van der Waals surface area (Å²) in [6, 6.07) is 13.5. The summed E-state index contributed by atoms with van der Waals surface area (Å²) in [6.45, 7) is 6.32. The minimum Gasteiger partial charge on any atom is -0.507 e. The van der Waals surface area contributed by atoms with Gasteiger partial charge in [0.25, 0.3) is 5.78 Å². The zero-order chi connectivity index (χ0) is 26.5. The second-order valence-electron chi connectivity index (χ2n) is 9.70. The van der Waals surface area contributed by atoms with Gasteiger partial charge in [0.1, 0.15) is 23.4 Å². The molecule has 1 aliphatic heterocycles. The maximum atomic E-state index is 14.1. The molecule has 1 unspecified atom stereocenters. The summed E-state index contributed by atoms with van der Waals surface area (Å²) in [6.07, 6.45) is 1.53. The molecule has 1 aliphatic rings. The highest BCUT2D eigenvalue weighted by Gasteiger charge is 2.49. The number of hydrogen-bond donors (Lipinski definition) is 1. The molecule has 37 heavy (non-hydrogen) atoms. The highest BCUT2D eigenvalue weighted by atomic mass is 32.1. The normalized spacial score (nSPS) is 17.5. The van der Waals surface area contributed by atoms with E-state index in [1.807, 2.05) is 18.2 Å². The van der Waals surface area contributed by atoms with Crippen LogP contribution in [0.5, 0.6) is 5.75 Å². The third kappa shape index (κ3) is 4.25. The number of nitrogens with zero attached hydrogens (tertiary/aromatic N) is 3. The number of aliphatic hydroxyl groups excluding tert-OH is 1. The van der Waals surface area contributed by atoms with E-state index >= 15 is 0 Å². The fraction of sp³-hybridized carbons (Fsp3) is 0.214. The number of rotatable bonds is 4. The summed E-state index contributed by atoms with van der Waals surface area (Å²) >= 11 is 1.27. The molecule has 2 aromatic heterocycles. The van der Waals surface area contributed by atoms with Gasteiger partial charge in [0.2, 0.25) is 0 Å². The lowest BCUT2D eigenvalue weighted by Crippen LogP contribution is -2.29. The highest BCUT2D eigenvalue weighted by Crippen LogP contribution is 2.45. The first kappa shape index (κ1) is 24.6. The molecular weight excluding hydrogens is 493 g/mol. The van der Waals surface area contributed by atoms with Crippen molar-refractivity contribution in [3.8, 4) is 5.75 Å². The molecule has 3 heterocycles. The van der Waals surface area contributed by atoms with Gasteiger partial charge >= 0.3 is 5.91 Å². The summed E-state index contributed by atoms with van der Waals surface area (Å²) in [7, 11) is 1.37. The SMILES string of the molecule is COc1ccc(F)cc1/C(O)=C1\C(=O)C(=O)N(c2nc3ccc(C(C)(C)C)cc3s2)C1c1ccccn1. The fourth-order valence-electron chi connectivity index (χ4n) is 4.34. The van der Waals surface area contributed by atoms with E-state index in [-0.39, 0.29) is 22.3 Å². The van der Waals surface area contributed by atoms with Gasteiger partial charge in [-0.1, -0.05) is 44.2 Å². The van der Waals surface area contributed by atoms with Gasteiger partial charge in [0.15, 0.2) is 5.13 Å². The van der Waals surface area contributed by atoms with Crippen LogP contribution < -0.4 is 9.64 Å². The summed E-state index contributed by atoms with van der Waals surface area (Å²) in [5.74, 6) is -2.81. The highest BCUT2D eigenvalue weighted by molar-refractivity contribution is 7.22. The van der Waals surface area contributed by atoms with E-state index in [0.717, 1.165) is 16.3 Å². The molecule has 1 amide bonds. The fourth-order valence-corrected chi connectivity index (χ4v) is 5.37. The molecule has 1 N–H and O–H groups in total. The number of ketones is 1. The predicted molar refractivity (Wildman–Crippen MR) is 140 cm³/mol. The Morgan fingerprint density at radius 2 is 1.89 bits per heavy atom. The van der Waals surface area contributed by atoms with E-state index in [1.165, 1.54) is 41.7 Å². The summed E-state index contributed by atoms with van der Waals surface area (Å²) in [5, 5.41) is 11.6. The molecule has 0 aliphatic carbocycles. The maximum absolute atomic E-state index is 14.1. The minimum atomic E-state index is -1.07. The van der Waals surface area contributed by atoms with Crippen LogP contribution in [0.15, 0.2) is 66.4 Å². The van der Waals surface area contributed by atoms with Crippen molar-refractivity contribution in [1.82, 2.24) is 9.97 Å². The molecule has 1 atom stereocenters. The van der Waals surface area contributed by atoms with Crippen LogP contribution in [0.25, 0.3) is 16.0 Å². The van der Waals surface area contributed by atoms with Gasteiger partial charge in [-0.05, 0) is 53.4 Å². The Hall–Kier alpha value is -4.11. The zero-order valence-electron chi connectivity index (χ0n) is 20.7. The van der Waals surface area contributed by atoms with Crippen molar-refractivity contribution in [1.29, 1.82) is 0 Å². The van der Waals surface area contributed by atoms with Gasteiger partial charge in [-0.3, -0.25) is 19.5 Å². The first-order valence-corrected chi connectivity index (χ1v) is 12.4. The van der Waals surface area contributed by atoms with Crippen molar-refractivity contribution in [2.75, 3.05) is 12.0 Å². The van der Waals surface area contributed by atoms with Gasteiger partial charge in [-0.2, -0.15) is 0 Å². The number of thiazole rings is 1. The molecule has 4 aromatic rings. The summed E-state index contributed by atoms with van der Waals surface area (Å²) in [4.78, 5) is 37.1. The first-order chi connectivity index (χ1) is 17.6. The number of aromatic nitrogens is 2. The Morgan fingerprint density at radius 3 is 2.57 bits per heavy atom. The predicted octanol–water partition coefficient (Wildman–Crippen LogP) is 5.76. The topological polar surface area (TPSA) is 92.6 Å². The Balaban J connectivity index is 1.72. The number of methoxy groups -OCH3 is 1. The number of Topliss-reactive ketones (excluding diaryl/α,β-unsaturated/α-hetero) is 1. The number of fused-ring (bicyclic) bond motifs is 1. The third-order valence-corrected chi connectivity index (χ3v) is 7.30. The number of halogens is 1. The average molecular weight is 518 g/mol. The molecule has 0 radical (unpaired) electrons. The Morgan fingerprint density at radius 1 is 1.11 bits per heavy atom. The number of amides is 1. The second-order valence-corrected chi connectivity index (χ2v) is 10.7. The van der Waals surface area contributed by atoms with Crippen molar-refractivity contribution >= 4 is 44.1 Å². The molecule has 1 fully saturated rings. The van der Waals surface area contributed by atoms with Crippen LogP contribution in [0.2, 0.25) is 0 Å². The van der Waals surface area contributed by atoms with Gasteiger partial charge < -0.3 is 9.84 Å². The number of pyridine rings is 1. The molecule has 188 valence electrons. The average Bonchev–Trinajstić information content (AvgIpc) is 3.41. The van der Waals surface area contributed by atoms with Crippen LogP contribution in [-0.2, 0) is 15.0 Å². The zero-order valence-corrected chi connectivity index (χ0v) is 21.5.